The molecule has 7 heteroatoms. The van der Waals surface area contributed by atoms with Crippen LogP contribution in [0.1, 0.15) is 21.6 Å². The van der Waals surface area contributed by atoms with E-state index in [1.165, 1.54) is 22.5 Å². The fourth-order valence-electron chi connectivity index (χ4n) is 2.83. The number of aromatic nitrogens is 2. The average molecular weight is 390 g/mol. The van der Waals surface area contributed by atoms with Crippen molar-refractivity contribution in [1.29, 1.82) is 0 Å². The highest BCUT2D eigenvalue weighted by atomic mass is 32.1. The molecule has 0 aliphatic heterocycles. The zero-order valence-corrected chi connectivity index (χ0v) is 16.2. The lowest BCUT2D eigenvalue weighted by molar-refractivity contribution is 0.101. The second-order valence-corrected chi connectivity index (χ2v) is 7.29. The summed E-state index contributed by atoms with van der Waals surface area (Å²) in [6.07, 6.45) is 0. The Balaban J connectivity index is 1.48. The molecule has 2 aromatic carbocycles. The van der Waals surface area contributed by atoms with Crippen LogP contribution >= 0.6 is 11.3 Å². The number of rotatable bonds is 5. The second-order valence-electron chi connectivity index (χ2n) is 6.44. The summed E-state index contributed by atoms with van der Waals surface area (Å²) in [5, 5.41) is 12.6. The van der Waals surface area contributed by atoms with Crippen LogP contribution in [-0.2, 0) is 0 Å². The number of aryl methyl sites for hydroxylation is 2. The Morgan fingerprint density at radius 3 is 2.50 bits per heavy atom. The minimum absolute atomic E-state index is 0.204. The highest BCUT2D eigenvalue weighted by molar-refractivity contribution is 7.14. The fourth-order valence-corrected chi connectivity index (χ4v) is 3.55. The van der Waals surface area contributed by atoms with Crippen molar-refractivity contribution in [3.63, 3.8) is 0 Å². The Morgan fingerprint density at radius 1 is 1.00 bits per heavy atom. The minimum Gasteiger partial charge on any atom is -0.354 e. The first-order chi connectivity index (χ1) is 13.6. The van der Waals surface area contributed by atoms with E-state index in [-0.39, 0.29) is 11.6 Å². The van der Waals surface area contributed by atoms with Gasteiger partial charge in [0, 0.05) is 22.8 Å². The molecule has 2 heterocycles. The first-order valence-electron chi connectivity index (χ1n) is 8.71. The van der Waals surface area contributed by atoms with E-state index in [9.17, 15) is 4.79 Å². The monoisotopic (exact) mass is 390 g/mol. The molecular weight excluding hydrogens is 372 g/mol. The average Bonchev–Trinajstić information content (AvgIpc) is 3.31. The molecule has 0 radical (unpaired) electrons. The van der Waals surface area contributed by atoms with E-state index < -0.39 is 0 Å². The van der Waals surface area contributed by atoms with E-state index in [4.69, 9.17) is 4.52 Å². The van der Waals surface area contributed by atoms with E-state index in [2.05, 4.69) is 52.8 Å². The molecule has 140 valence electrons. The molecule has 0 aliphatic rings. The number of thiazole rings is 1. The van der Waals surface area contributed by atoms with Gasteiger partial charge in [-0.2, -0.15) is 0 Å². The van der Waals surface area contributed by atoms with E-state index >= 15 is 0 Å². The molecule has 6 nitrogen and oxygen atoms in total. The van der Waals surface area contributed by atoms with Gasteiger partial charge >= 0.3 is 0 Å². The van der Waals surface area contributed by atoms with Gasteiger partial charge in [0.05, 0.1) is 0 Å². The number of carbonyl (C=O) groups is 1. The molecule has 0 bridgehead atoms. The Morgan fingerprint density at radius 2 is 1.75 bits per heavy atom. The summed E-state index contributed by atoms with van der Waals surface area (Å²) in [5.41, 5.74) is 4.88. The quantitative estimate of drug-likeness (QED) is 0.476. The lowest BCUT2D eigenvalue weighted by atomic mass is 10.1. The number of benzene rings is 2. The largest absolute Gasteiger partial charge is 0.354 e. The molecule has 2 N–H and O–H groups in total. The topological polar surface area (TPSA) is 80.0 Å². The molecule has 0 spiro atoms. The molecule has 28 heavy (non-hydrogen) atoms. The first kappa shape index (κ1) is 17.9. The zero-order chi connectivity index (χ0) is 19.5. The van der Waals surface area contributed by atoms with Crippen LogP contribution in [0.25, 0.3) is 11.5 Å². The molecule has 1 amide bonds. The smallest absolute Gasteiger partial charge is 0.277 e. The third kappa shape index (κ3) is 4.10. The highest BCUT2D eigenvalue weighted by Gasteiger charge is 2.16. The molecule has 0 saturated heterocycles. The summed E-state index contributed by atoms with van der Waals surface area (Å²) in [4.78, 5) is 16.8. The maximum absolute atomic E-state index is 12.3. The Bertz CT molecular complexity index is 1100. The van der Waals surface area contributed by atoms with E-state index in [0.29, 0.717) is 17.1 Å². The van der Waals surface area contributed by atoms with Crippen LogP contribution < -0.4 is 10.6 Å². The van der Waals surface area contributed by atoms with Crippen molar-refractivity contribution in [1.82, 2.24) is 10.1 Å². The van der Waals surface area contributed by atoms with Gasteiger partial charge in [0.2, 0.25) is 0 Å². The molecule has 4 aromatic rings. The van der Waals surface area contributed by atoms with Gasteiger partial charge in [0.15, 0.2) is 16.6 Å². The van der Waals surface area contributed by atoms with Gasteiger partial charge in [-0.25, -0.2) is 4.98 Å². The Hall–Kier alpha value is -3.45. The number of carbonyl (C=O) groups excluding carboxylic acids is 1. The normalized spacial score (nSPS) is 10.6. The van der Waals surface area contributed by atoms with Crippen molar-refractivity contribution in [3.8, 4) is 11.5 Å². The second kappa shape index (κ2) is 7.66. The summed E-state index contributed by atoms with van der Waals surface area (Å²) in [7, 11) is 0. The summed E-state index contributed by atoms with van der Waals surface area (Å²) in [5.74, 6) is 0.118. The highest BCUT2D eigenvalue weighted by Crippen LogP contribution is 2.28. The third-order valence-corrected chi connectivity index (χ3v) is 4.76. The molecule has 0 fully saturated rings. The molecular formula is C21H18N4O2S. The molecule has 4 rings (SSSR count). The van der Waals surface area contributed by atoms with Crippen molar-refractivity contribution in [2.45, 2.75) is 13.8 Å². The minimum atomic E-state index is -0.329. The van der Waals surface area contributed by atoms with Crippen LogP contribution in [0.15, 0.2) is 64.5 Å². The number of nitrogens with zero attached hydrogens (tertiary/aromatic N) is 2. The maximum Gasteiger partial charge on any atom is 0.277 e. The lowest BCUT2D eigenvalue weighted by Crippen LogP contribution is -2.11. The van der Waals surface area contributed by atoms with Crippen LogP contribution in [-0.4, -0.2) is 16.0 Å². The molecule has 2 aromatic heterocycles. The van der Waals surface area contributed by atoms with E-state index in [1.807, 2.05) is 35.7 Å². The number of para-hydroxylation sites is 1. The third-order valence-electron chi connectivity index (χ3n) is 4.00. The van der Waals surface area contributed by atoms with Gasteiger partial charge in [0.1, 0.15) is 5.69 Å². The predicted molar refractivity (Wildman–Crippen MR) is 111 cm³/mol. The van der Waals surface area contributed by atoms with E-state index in [1.54, 1.807) is 6.07 Å². The summed E-state index contributed by atoms with van der Waals surface area (Å²) in [6.45, 7) is 4.12. The number of nitrogens with one attached hydrogen (secondary N) is 2. The van der Waals surface area contributed by atoms with Crippen LogP contribution in [0, 0.1) is 13.8 Å². The lowest BCUT2D eigenvalue weighted by Gasteiger charge is -2.05. The van der Waals surface area contributed by atoms with Gasteiger partial charge in [-0.15, -0.1) is 11.3 Å². The van der Waals surface area contributed by atoms with Crippen LogP contribution in [0.3, 0.4) is 0 Å². The van der Waals surface area contributed by atoms with Crippen molar-refractivity contribution in [3.05, 3.63) is 76.8 Å². The summed E-state index contributed by atoms with van der Waals surface area (Å²) >= 11 is 1.46. The summed E-state index contributed by atoms with van der Waals surface area (Å²) in [6, 6.07) is 17.0. The Kier molecular flexibility index (Phi) is 4.90. The van der Waals surface area contributed by atoms with Crippen molar-refractivity contribution in [2.75, 3.05) is 10.6 Å². The first-order valence-corrected chi connectivity index (χ1v) is 9.59. The number of amides is 1. The fraction of sp³-hybridized carbons (Fsp3) is 0.0952. The predicted octanol–water partition coefficient (Wildman–Crippen LogP) is 5.41. The van der Waals surface area contributed by atoms with Crippen LogP contribution in [0.5, 0.6) is 0 Å². The summed E-state index contributed by atoms with van der Waals surface area (Å²) < 4.78 is 5.32. The molecule has 0 unspecified atom stereocenters. The SMILES string of the molecule is Cc1cc(C)cc(Nc2nc(-c3cc(C(=O)Nc4ccccc4)no3)cs2)c1. The van der Waals surface area contributed by atoms with Gasteiger partial charge in [-0.1, -0.05) is 29.4 Å². The van der Waals surface area contributed by atoms with Crippen molar-refractivity contribution >= 4 is 33.8 Å². The Labute approximate surface area is 166 Å². The van der Waals surface area contributed by atoms with Crippen LogP contribution in [0.4, 0.5) is 16.5 Å². The molecule has 0 aliphatic carbocycles. The maximum atomic E-state index is 12.3. The standard InChI is InChI=1S/C21H18N4O2S/c1-13-8-14(2)10-16(9-13)23-21-24-18(12-28-21)19-11-17(25-27-19)20(26)22-15-6-4-3-5-7-15/h3-12H,1-2H3,(H,22,26)(H,23,24). The van der Waals surface area contributed by atoms with Crippen molar-refractivity contribution in [2.24, 2.45) is 0 Å². The van der Waals surface area contributed by atoms with E-state index in [0.717, 1.165) is 10.8 Å². The number of hydrogen-bond acceptors (Lipinski definition) is 6. The van der Waals surface area contributed by atoms with Gasteiger partial charge in [-0.3, -0.25) is 4.79 Å². The zero-order valence-electron chi connectivity index (χ0n) is 15.4. The van der Waals surface area contributed by atoms with Crippen molar-refractivity contribution < 1.29 is 9.32 Å². The molecule has 0 saturated carbocycles. The van der Waals surface area contributed by atoms with Gasteiger partial charge in [-0.05, 0) is 49.2 Å². The number of anilines is 3. The van der Waals surface area contributed by atoms with Gasteiger partial charge in [0.25, 0.3) is 5.91 Å². The number of hydrogen-bond donors (Lipinski definition) is 2. The molecule has 0 atom stereocenters. The van der Waals surface area contributed by atoms with Crippen LogP contribution in [0.2, 0.25) is 0 Å². The van der Waals surface area contributed by atoms with Gasteiger partial charge < -0.3 is 15.2 Å².